The van der Waals surface area contributed by atoms with Crippen molar-refractivity contribution in [3.05, 3.63) is 33.7 Å². The van der Waals surface area contributed by atoms with E-state index in [1.807, 2.05) is 13.8 Å². The van der Waals surface area contributed by atoms with E-state index in [1.165, 1.54) is 6.07 Å². The van der Waals surface area contributed by atoms with Crippen LogP contribution in [-0.2, 0) is 0 Å². The number of amides is 1. The summed E-state index contributed by atoms with van der Waals surface area (Å²) >= 11 is 0. The second-order valence-electron chi connectivity index (χ2n) is 4.24. The SMILES string of the molecule is CCCN(CCC)C(=O)c1cc(C(=O)O)[nH]c(=O)c1. The van der Waals surface area contributed by atoms with Gasteiger partial charge in [0.2, 0.25) is 5.56 Å². The zero-order valence-corrected chi connectivity index (χ0v) is 11.1. The molecule has 6 heteroatoms. The Labute approximate surface area is 111 Å². The zero-order chi connectivity index (χ0) is 14.4. The topological polar surface area (TPSA) is 90.5 Å². The number of carboxylic acids is 1. The molecule has 6 nitrogen and oxygen atoms in total. The van der Waals surface area contributed by atoms with Gasteiger partial charge in [0.1, 0.15) is 5.69 Å². The van der Waals surface area contributed by atoms with E-state index in [4.69, 9.17) is 5.11 Å². The average molecular weight is 266 g/mol. The minimum Gasteiger partial charge on any atom is -0.477 e. The van der Waals surface area contributed by atoms with Crippen molar-refractivity contribution in [1.82, 2.24) is 9.88 Å². The van der Waals surface area contributed by atoms with Crippen LogP contribution in [0.4, 0.5) is 0 Å². The summed E-state index contributed by atoms with van der Waals surface area (Å²) < 4.78 is 0. The van der Waals surface area contributed by atoms with E-state index in [9.17, 15) is 14.4 Å². The van der Waals surface area contributed by atoms with Gasteiger partial charge < -0.3 is 15.0 Å². The van der Waals surface area contributed by atoms with Crippen molar-refractivity contribution >= 4 is 11.9 Å². The van der Waals surface area contributed by atoms with Gasteiger partial charge in [-0.15, -0.1) is 0 Å². The number of H-pyrrole nitrogens is 1. The Balaban J connectivity index is 3.09. The van der Waals surface area contributed by atoms with E-state index >= 15 is 0 Å². The van der Waals surface area contributed by atoms with E-state index < -0.39 is 11.5 Å². The third-order valence-corrected chi connectivity index (χ3v) is 2.60. The number of carbonyl (C=O) groups excluding carboxylic acids is 1. The van der Waals surface area contributed by atoms with Crippen LogP contribution in [0.2, 0.25) is 0 Å². The number of nitrogens with one attached hydrogen (secondary N) is 1. The molecular formula is C13H18N2O4. The summed E-state index contributed by atoms with van der Waals surface area (Å²) in [4.78, 5) is 38.3. The van der Waals surface area contributed by atoms with E-state index in [2.05, 4.69) is 4.98 Å². The maximum atomic E-state index is 12.2. The predicted molar refractivity (Wildman–Crippen MR) is 70.5 cm³/mol. The molecule has 1 rings (SSSR count). The molecule has 19 heavy (non-hydrogen) atoms. The third-order valence-electron chi connectivity index (χ3n) is 2.60. The molecule has 0 bridgehead atoms. The van der Waals surface area contributed by atoms with Crippen LogP contribution in [0.1, 0.15) is 47.5 Å². The van der Waals surface area contributed by atoms with E-state index in [0.717, 1.165) is 18.9 Å². The number of hydrogen-bond donors (Lipinski definition) is 2. The molecule has 104 valence electrons. The lowest BCUT2D eigenvalue weighted by Gasteiger charge is -2.21. The van der Waals surface area contributed by atoms with Crippen molar-refractivity contribution in [2.75, 3.05) is 13.1 Å². The molecule has 1 aromatic rings. The monoisotopic (exact) mass is 266 g/mol. The highest BCUT2D eigenvalue weighted by molar-refractivity contribution is 5.96. The summed E-state index contributed by atoms with van der Waals surface area (Å²) in [7, 11) is 0. The third kappa shape index (κ3) is 3.94. The fraction of sp³-hybridized carbons (Fsp3) is 0.462. The van der Waals surface area contributed by atoms with E-state index in [1.54, 1.807) is 4.90 Å². The van der Waals surface area contributed by atoms with Crippen molar-refractivity contribution in [2.24, 2.45) is 0 Å². The van der Waals surface area contributed by atoms with Crippen LogP contribution in [0.5, 0.6) is 0 Å². The van der Waals surface area contributed by atoms with Crippen molar-refractivity contribution in [1.29, 1.82) is 0 Å². The van der Waals surface area contributed by atoms with Gasteiger partial charge in [-0.1, -0.05) is 13.8 Å². The van der Waals surface area contributed by atoms with E-state index in [-0.39, 0.29) is 17.2 Å². The lowest BCUT2D eigenvalue weighted by atomic mass is 10.2. The van der Waals surface area contributed by atoms with E-state index in [0.29, 0.717) is 13.1 Å². The maximum Gasteiger partial charge on any atom is 0.352 e. The minimum absolute atomic E-state index is 0.114. The Kier molecular flexibility index (Phi) is 5.29. The molecule has 0 spiro atoms. The van der Waals surface area contributed by atoms with Gasteiger partial charge in [0.25, 0.3) is 5.91 Å². The molecule has 0 radical (unpaired) electrons. The fourth-order valence-electron chi connectivity index (χ4n) is 1.82. The summed E-state index contributed by atoms with van der Waals surface area (Å²) in [6, 6.07) is 2.33. The standard InChI is InChI=1S/C13H18N2O4/c1-3-5-15(6-4-2)12(17)9-7-10(13(18)19)14-11(16)8-9/h7-8H,3-6H2,1-2H3,(H,14,16)(H,18,19). The second kappa shape index (κ2) is 6.72. The molecule has 0 saturated carbocycles. The molecule has 1 heterocycles. The molecular weight excluding hydrogens is 248 g/mol. The largest absolute Gasteiger partial charge is 0.477 e. The molecule has 0 fully saturated rings. The summed E-state index contributed by atoms with van der Waals surface area (Å²) in [5, 5.41) is 8.87. The minimum atomic E-state index is -1.26. The number of carboxylic acid groups (broad SMARTS) is 1. The predicted octanol–water partition coefficient (Wildman–Crippen LogP) is 1.34. The van der Waals surface area contributed by atoms with Crippen LogP contribution < -0.4 is 5.56 Å². The zero-order valence-electron chi connectivity index (χ0n) is 11.1. The Bertz CT molecular complexity index is 516. The van der Waals surface area contributed by atoms with Gasteiger partial charge in [0.05, 0.1) is 0 Å². The van der Waals surface area contributed by atoms with Crippen LogP contribution in [0, 0.1) is 0 Å². The van der Waals surface area contributed by atoms with Gasteiger partial charge in [-0.2, -0.15) is 0 Å². The molecule has 0 aliphatic rings. The Morgan fingerprint density at radius 1 is 1.21 bits per heavy atom. The van der Waals surface area contributed by atoms with Crippen molar-refractivity contribution < 1.29 is 14.7 Å². The summed E-state index contributed by atoms with van der Waals surface area (Å²) in [5.41, 5.74) is -0.747. The highest BCUT2D eigenvalue weighted by Gasteiger charge is 2.17. The van der Waals surface area contributed by atoms with Crippen LogP contribution in [-0.4, -0.2) is 40.0 Å². The molecule has 2 N–H and O–H groups in total. The highest BCUT2D eigenvalue weighted by atomic mass is 16.4. The van der Waals surface area contributed by atoms with Gasteiger partial charge in [-0.05, 0) is 18.9 Å². The van der Waals surface area contributed by atoms with Gasteiger partial charge in [-0.25, -0.2) is 4.79 Å². The molecule has 0 unspecified atom stereocenters. The lowest BCUT2D eigenvalue weighted by Crippen LogP contribution is -2.33. The number of rotatable bonds is 6. The van der Waals surface area contributed by atoms with Gasteiger partial charge in [0.15, 0.2) is 0 Å². The number of nitrogens with zero attached hydrogens (tertiary/aromatic N) is 1. The van der Waals surface area contributed by atoms with Gasteiger partial charge in [0, 0.05) is 24.7 Å². The molecule has 0 aliphatic heterocycles. The van der Waals surface area contributed by atoms with Crippen molar-refractivity contribution in [3.63, 3.8) is 0 Å². The van der Waals surface area contributed by atoms with Crippen molar-refractivity contribution in [2.45, 2.75) is 26.7 Å². The first kappa shape index (κ1) is 14.9. The number of aromatic nitrogens is 1. The number of aromatic amines is 1. The fourth-order valence-corrected chi connectivity index (χ4v) is 1.82. The molecule has 1 aromatic heterocycles. The molecule has 0 atom stereocenters. The Morgan fingerprint density at radius 2 is 1.79 bits per heavy atom. The average Bonchev–Trinajstić information content (AvgIpc) is 2.37. The normalized spacial score (nSPS) is 10.2. The number of hydrogen-bond acceptors (Lipinski definition) is 3. The number of carbonyl (C=O) groups is 2. The van der Waals surface area contributed by atoms with Crippen LogP contribution in [0.15, 0.2) is 16.9 Å². The van der Waals surface area contributed by atoms with Crippen LogP contribution in [0.3, 0.4) is 0 Å². The summed E-state index contributed by atoms with van der Waals surface area (Å²) in [6.45, 7) is 5.08. The molecule has 0 aromatic carbocycles. The number of pyridine rings is 1. The van der Waals surface area contributed by atoms with Crippen LogP contribution >= 0.6 is 0 Å². The first-order valence-corrected chi connectivity index (χ1v) is 6.26. The molecule has 1 amide bonds. The molecule has 0 saturated heterocycles. The first-order valence-electron chi connectivity index (χ1n) is 6.26. The smallest absolute Gasteiger partial charge is 0.352 e. The first-order chi connectivity index (χ1) is 8.99. The Morgan fingerprint density at radius 3 is 2.26 bits per heavy atom. The Hall–Kier alpha value is -2.11. The van der Waals surface area contributed by atoms with Gasteiger partial charge in [-0.3, -0.25) is 9.59 Å². The maximum absolute atomic E-state index is 12.2. The number of aromatic carboxylic acids is 1. The van der Waals surface area contributed by atoms with Crippen molar-refractivity contribution in [3.8, 4) is 0 Å². The van der Waals surface area contributed by atoms with Crippen LogP contribution in [0.25, 0.3) is 0 Å². The summed E-state index contributed by atoms with van der Waals surface area (Å²) in [6.07, 6.45) is 1.61. The molecule has 0 aliphatic carbocycles. The van der Waals surface area contributed by atoms with Gasteiger partial charge >= 0.3 is 5.97 Å². The quantitative estimate of drug-likeness (QED) is 0.812. The highest BCUT2D eigenvalue weighted by Crippen LogP contribution is 2.06. The second-order valence-corrected chi connectivity index (χ2v) is 4.24. The summed E-state index contributed by atoms with van der Waals surface area (Å²) in [5.74, 6) is -1.57. The lowest BCUT2D eigenvalue weighted by molar-refractivity contribution is 0.0690.